The number of hydrogen-bond acceptors (Lipinski definition) is 3. The number of aliphatic hydroxyl groups excluding tert-OH is 1. The Morgan fingerprint density at radius 1 is 1.75 bits per heavy atom. The second kappa shape index (κ2) is 7.20. The van der Waals surface area contributed by atoms with E-state index in [0.717, 1.165) is 0 Å². The van der Waals surface area contributed by atoms with E-state index in [2.05, 4.69) is 4.74 Å². The largest absolute Gasteiger partial charge is 0.464 e. The van der Waals surface area contributed by atoms with Gasteiger partial charge in [0.05, 0.1) is 6.61 Å². The lowest BCUT2D eigenvalue weighted by atomic mass is 10.7. The SMILES string of the molecule is CCOC(=O)CO.[MgH2]. The Hall–Kier alpha value is 0.196. The molecule has 0 spiro atoms. The summed E-state index contributed by atoms with van der Waals surface area (Å²) in [6.07, 6.45) is 0. The zero-order valence-electron chi connectivity index (χ0n) is 4.18. The molecule has 0 atom stereocenters. The van der Waals surface area contributed by atoms with Crippen molar-refractivity contribution in [2.24, 2.45) is 0 Å². The molecule has 4 heteroatoms. The Balaban J connectivity index is 0. The molecule has 0 aliphatic carbocycles. The van der Waals surface area contributed by atoms with Crippen molar-refractivity contribution in [3.05, 3.63) is 0 Å². The molecule has 0 aromatic rings. The van der Waals surface area contributed by atoms with E-state index in [4.69, 9.17) is 5.11 Å². The zero-order chi connectivity index (χ0) is 5.70. The van der Waals surface area contributed by atoms with E-state index in [0.29, 0.717) is 6.61 Å². The van der Waals surface area contributed by atoms with Crippen molar-refractivity contribution in [2.45, 2.75) is 6.92 Å². The van der Waals surface area contributed by atoms with Gasteiger partial charge in [0.2, 0.25) is 0 Å². The van der Waals surface area contributed by atoms with E-state index >= 15 is 0 Å². The van der Waals surface area contributed by atoms with E-state index in [9.17, 15) is 4.79 Å². The molecule has 0 unspecified atom stereocenters. The molecule has 0 amide bonds. The first-order valence-electron chi connectivity index (χ1n) is 2.07. The van der Waals surface area contributed by atoms with E-state index < -0.39 is 12.6 Å². The predicted octanol–water partition coefficient (Wildman–Crippen LogP) is -1.37. The molecule has 0 heterocycles. The lowest BCUT2D eigenvalue weighted by Crippen LogP contribution is -2.07. The molecule has 0 radical (unpaired) electrons. The highest BCUT2D eigenvalue weighted by atomic mass is 24.3. The average Bonchev–Trinajstić information content (AvgIpc) is 1.68. The monoisotopic (exact) mass is 130 g/mol. The maximum Gasteiger partial charge on any atom is 0.331 e. The van der Waals surface area contributed by atoms with Crippen molar-refractivity contribution in [3.63, 3.8) is 0 Å². The zero-order valence-corrected chi connectivity index (χ0v) is 4.18. The van der Waals surface area contributed by atoms with E-state index in [1.165, 1.54) is 0 Å². The highest BCUT2D eigenvalue weighted by molar-refractivity contribution is 5.75. The van der Waals surface area contributed by atoms with Crippen LogP contribution in [0.5, 0.6) is 0 Å². The van der Waals surface area contributed by atoms with Gasteiger partial charge in [0.1, 0.15) is 6.61 Å². The van der Waals surface area contributed by atoms with E-state index in [1.54, 1.807) is 6.92 Å². The minimum absolute atomic E-state index is 0. The van der Waals surface area contributed by atoms with Gasteiger partial charge in [-0.3, -0.25) is 0 Å². The van der Waals surface area contributed by atoms with Gasteiger partial charge in [-0.1, -0.05) is 0 Å². The van der Waals surface area contributed by atoms with Gasteiger partial charge in [0.15, 0.2) is 0 Å². The van der Waals surface area contributed by atoms with Crippen LogP contribution < -0.4 is 0 Å². The topological polar surface area (TPSA) is 46.5 Å². The average molecular weight is 130 g/mol. The fourth-order valence-electron chi connectivity index (χ4n) is 0.207. The summed E-state index contributed by atoms with van der Waals surface area (Å²) in [6.45, 7) is 1.50. The number of carbonyl (C=O) groups is 1. The molecule has 0 saturated heterocycles. The first kappa shape index (κ1) is 11.1. The van der Waals surface area contributed by atoms with Crippen molar-refractivity contribution in [3.8, 4) is 0 Å². The highest BCUT2D eigenvalue weighted by Crippen LogP contribution is 1.71. The third-order valence-electron chi connectivity index (χ3n) is 0.434. The Morgan fingerprint density at radius 3 is 2.38 bits per heavy atom. The molecule has 0 bridgehead atoms. The molecule has 3 nitrogen and oxygen atoms in total. The van der Waals surface area contributed by atoms with E-state index in [1.807, 2.05) is 0 Å². The third-order valence-corrected chi connectivity index (χ3v) is 0.434. The minimum atomic E-state index is -0.567. The van der Waals surface area contributed by atoms with Gasteiger partial charge in [-0.25, -0.2) is 4.79 Å². The summed E-state index contributed by atoms with van der Waals surface area (Å²) in [5.41, 5.74) is 0. The van der Waals surface area contributed by atoms with Crippen LogP contribution in [0.2, 0.25) is 0 Å². The second-order valence-corrected chi connectivity index (χ2v) is 0.963. The molecule has 0 aromatic heterocycles. The molecule has 0 rings (SSSR count). The van der Waals surface area contributed by atoms with Crippen LogP contribution >= 0.6 is 0 Å². The predicted molar refractivity (Wildman–Crippen MR) is 32.3 cm³/mol. The smallest absolute Gasteiger partial charge is 0.331 e. The molecule has 0 saturated carbocycles. The second-order valence-electron chi connectivity index (χ2n) is 0.963. The number of carbonyl (C=O) groups excluding carboxylic acids is 1. The fourth-order valence-corrected chi connectivity index (χ4v) is 0.207. The number of esters is 1. The quantitative estimate of drug-likeness (QED) is 0.370. The van der Waals surface area contributed by atoms with Gasteiger partial charge in [-0.2, -0.15) is 0 Å². The van der Waals surface area contributed by atoms with Gasteiger partial charge < -0.3 is 9.84 Å². The van der Waals surface area contributed by atoms with Gasteiger partial charge >= 0.3 is 29.0 Å². The summed E-state index contributed by atoms with van der Waals surface area (Å²) >= 11 is 0. The molecule has 0 aliphatic rings. The summed E-state index contributed by atoms with van der Waals surface area (Å²) in [5.74, 6) is -0.567. The van der Waals surface area contributed by atoms with Crippen LogP contribution in [0.4, 0.5) is 0 Å². The molecule has 1 N–H and O–H groups in total. The van der Waals surface area contributed by atoms with Gasteiger partial charge in [-0.05, 0) is 6.92 Å². The summed E-state index contributed by atoms with van der Waals surface area (Å²) < 4.78 is 4.30. The maximum atomic E-state index is 9.94. The first-order chi connectivity index (χ1) is 3.31. The molecule has 46 valence electrons. The van der Waals surface area contributed by atoms with Crippen molar-refractivity contribution in [1.82, 2.24) is 0 Å². The Labute approximate surface area is 64.2 Å². The maximum absolute atomic E-state index is 9.94. The molecular formula is C4H10MgO3. The Morgan fingerprint density at radius 2 is 2.25 bits per heavy atom. The third kappa shape index (κ3) is 6.20. The summed E-state index contributed by atoms with van der Waals surface area (Å²) in [5, 5.41) is 7.99. The highest BCUT2D eigenvalue weighted by Gasteiger charge is 1.92. The van der Waals surface area contributed by atoms with E-state index in [-0.39, 0.29) is 23.1 Å². The Bertz CT molecular complexity index is 64.3. The normalized spacial score (nSPS) is 7.25. The summed E-state index contributed by atoms with van der Waals surface area (Å²) in [4.78, 5) is 9.94. The molecule has 0 fully saturated rings. The van der Waals surface area contributed by atoms with Crippen LogP contribution in [-0.2, 0) is 9.53 Å². The minimum Gasteiger partial charge on any atom is -0.464 e. The summed E-state index contributed by atoms with van der Waals surface area (Å²) in [7, 11) is 0. The van der Waals surface area contributed by atoms with Crippen LogP contribution in [0.3, 0.4) is 0 Å². The van der Waals surface area contributed by atoms with Crippen molar-refractivity contribution < 1.29 is 14.6 Å². The standard InChI is InChI=1S/C4H8O3.Mg.2H/c1-2-7-4(6)3-5;;;/h5H,2-3H2,1H3;;;. The van der Waals surface area contributed by atoms with Gasteiger partial charge in [0.25, 0.3) is 0 Å². The fraction of sp³-hybridized carbons (Fsp3) is 0.750. The van der Waals surface area contributed by atoms with Crippen LogP contribution in [0.15, 0.2) is 0 Å². The molecule has 0 aliphatic heterocycles. The summed E-state index contributed by atoms with van der Waals surface area (Å²) in [6, 6.07) is 0. The number of rotatable bonds is 2. The van der Waals surface area contributed by atoms with Crippen molar-refractivity contribution in [2.75, 3.05) is 13.2 Å². The first-order valence-corrected chi connectivity index (χ1v) is 2.07. The van der Waals surface area contributed by atoms with Crippen LogP contribution in [0, 0.1) is 0 Å². The molecular weight excluding hydrogens is 120 g/mol. The lowest BCUT2D eigenvalue weighted by Gasteiger charge is -1.93. The van der Waals surface area contributed by atoms with Gasteiger partial charge in [-0.15, -0.1) is 0 Å². The lowest BCUT2D eigenvalue weighted by molar-refractivity contribution is -0.146. The number of ether oxygens (including phenoxy) is 1. The molecule has 8 heavy (non-hydrogen) atoms. The Kier molecular flexibility index (Phi) is 9.94. The van der Waals surface area contributed by atoms with Crippen LogP contribution in [0.25, 0.3) is 0 Å². The van der Waals surface area contributed by atoms with Crippen molar-refractivity contribution in [1.29, 1.82) is 0 Å². The van der Waals surface area contributed by atoms with Gasteiger partial charge in [0, 0.05) is 0 Å². The van der Waals surface area contributed by atoms with Crippen LogP contribution in [0.1, 0.15) is 6.92 Å². The number of aliphatic hydroxyl groups is 1. The number of hydrogen-bond donors (Lipinski definition) is 1. The molecule has 0 aromatic carbocycles. The van der Waals surface area contributed by atoms with Crippen LogP contribution in [-0.4, -0.2) is 47.3 Å². The van der Waals surface area contributed by atoms with Crippen molar-refractivity contribution >= 4 is 29.0 Å².